The summed E-state index contributed by atoms with van der Waals surface area (Å²) in [7, 11) is 1.55. The van der Waals surface area contributed by atoms with E-state index >= 15 is 0 Å². The Morgan fingerprint density at radius 1 is 0.538 bits per heavy atom. The largest absolute Gasteiger partial charge is 0.472 e. The van der Waals surface area contributed by atoms with Gasteiger partial charge in [-0.1, -0.05) is 222 Å². The quantitative estimate of drug-likeness (QED) is 0.0243. The van der Waals surface area contributed by atoms with Gasteiger partial charge in [0.15, 0.2) is 0 Å². The second kappa shape index (κ2) is 47.0. The summed E-state index contributed by atoms with van der Waals surface area (Å²) in [6.45, 7) is 4.68. The molecule has 0 aromatic carbocycles. The van der Waals surface area contributed by atoms with Crippen LogP contribution in [0.5, 0.6) is 0 Å². The molecule has 0 rings (SSSR count). The van der Waals surface area contributed by atoms with Crippen LogP contribution in [0.3, 0.4) is 0 Å². The van der Waals surface area contributed by atoms with Crippen molar-refractivity contribution < 1.29 is 32.9 Å². The van der Waals surface area contributed by atoms with Gasteiger partial charge in [-0.3, -0.25) is 13.8 Å². The van der Waals surface area contributed by atoms with Crippen molar-refractivity contribution in [2.24, 2.45) is 0 Å². The number of phosphoric acid groups is 1. The highest BCUT2D eigenvalue weighted by Crippen LogP contribution is 2.43. The molecule has 1 amide bonds. The number of quaternary nitrogens is 1. The fourth-order valence-corrected chi connectivity index (χ4v) is 8.20. The first-order chi connectivity index (χ1) is 31.5. The molecular formula is C56H104N2O6P+. The second-order valence-corrected chi connectivity index (χ2v) is 20.7. The first-order valence-corrected chi connectivity index (χ1v) is 28.3. The average Bonchev–Trinajstić information content (AvgIpc) is 3.26. The summed E-state index contributed by atoms with van der Waals surface area (Å²) < 4.78 is 23.6. The van der Waals surface area contributed by atoms with E-state index in [4.69, 9.17) is 9.05 Å². The molecule has 0 spiro atoms. The van der Waals surface area contributed by atoms with E-state index in [1.165, 1.54) is 141 Å². The Hall–Kier alpha value is -2.06. The van der Waals surface area contributed by atoms with Gasteiger partial charge in [-0.15, -0.1) is 0 Å². The number of unbranched alkanes of at least 4 members (excludes halogenated alkanes) is 25. The summed E-state index contributed by atoms with van der Waals surface area (Å²) in [6.07, 6.45) is 64.3. The van der Waals surface area contributed by atoms with Gasteiger partial charge in [-0.2, -0.15) is 0 Å². The maximum absolute atomic E-state index is 12.9. The van der Waals surface area contributed by atoms with E-state index in [2.05, 4.69) is 79.9 Å². The molecule has 0 aliphatic carbocycles. The molecule has 9 heteroatoms. The number of carbonyl (C=O) groups is 1. The van der Waals surface area contributed by atoms with Crippen LogP contribution >= 0.6 is 7.82 Å². The van der Waals surface area contributed by atoms with Gasteiger partial charge in [0.05, 0.1) is 39.9 Å². The van der Waals surface area contributed by atoms with Crippen molar-refractivity contribution >= 4 is 13.7 Å². The number of allylic oxidation sites excluding steroid dienone is 11. The van der Waals surface area contributed by atoms with Gasteiger partial charge in [-0.05, 0) is 70.6 Å². The molecule has 0 aromatic heterocycles. The molecule has 0 fully saturated rings. The van der Waals surface area contributed by atoms with Crippen LogP contribution in [-0.4, -0.2) is 73.4 Å². The van der Waals surface area contributed by atoms with Crippen LogP contribution in [0.15, 0.2) is 72.9 Å². The minimum Gasteiger partial charge on any atom is -0.387 e. The summed E-state index contributed by atoms with van der Waals surface area (Å²) in [4.78, 5) is 23.2. The molecular weight excluding hydrogens is 828 g/mol. The zero-order chi connectivity index (χ0) is 47.8. The molecule has 378 valence electrons. The predicted molar refractivity (Wildman–Crippen MR) is 281 cm³/mol. The predicted octanol–water partition coefficient (Wildman–Crippen LogP) is 15.9. The number of phosphoric ester groups is 1. The normalized spacial score (nSPS) is 14.6. The zero-order valence-electron chi connectivity index (χ0n) is 43.0. The Balaban J connectivity index is 4.16. The Kier molecular flexibility index (Phi) is 45.5. The number of amides is 1. The number of aliphatic hydroxyl groups is 1. The van der Waals surface area contributed by atoms with E-state index < -0.39 is 20.0 Å². The maximum atomic E-state index is 12.9. The molecule has 3 N–H and O–H groups in total. The highest BCUT2D eigenvalue weighted by Gasteiger charge is 2.27. The first kappa shape index (κ1) is 62.9. The summed E-state index contributed by atoms with van der Waals surface area (Å²) in [6, 6.07) is -0.865. The summed E-state index contributed by atoms with van der Waals surface area (Å²) in [5, 5.41) is 13.9. The zero-order valence-corrected chi connectivity index (χ0v) is 43.9. The topological polar surface area (TPSA) is 105 Å². The lowest BCUT2D eigenvalue weighted by Crippen LogP contribution is -2.45. The third-order valence-corrected chi connectivity index (χ3v) is 12.6. The Labute approximate surface area is 402 Å². The van der Waals surface area contributed by atoms with E-state index in [0.717, 1.165) is 64.2 Å². The summed E-state index contributed by atoms with van der Waals surface area (Å²) in [5.74, 6) is -0.189. The standard InChI is InChI=1S/C56H103N2O6P/c1-6-8-10-12-14-16-18-20-22-23-24-25-26-27-28-29-30-31-32-33-34-35-36-38-40-42-44-46-48-50-56(60)57-54(53-64-65(61,62)63-52-51-58(3,4)5)55(59)49-47-45-43-41-39-37-21-19-17-15-13-11-9-7-2/h8,10,14,16,20,22,24-25,39,41,47,49,54-55,59H,6-7,9,11-13,15,17-19,21,23,26-38,40,42-46,48,50-53H2,1-5H3,(H-,57,60,61,62)/p+1/b10-8-,16-14-,22-20-,25-24-,41-39+,49-47+. The Morgan fingerprint density at radius 3 is 1.42 bits per heavy atom. The minimum atomic E-state index is -4.35. The first-order valence-electron chi connectivity index (χ1n) is 26.8. The van der Waals surface area contributed by atoms with E-state index in [1.54, 1.807) is 6.08 Å². The van der Waals surface area contributed by atoms with E-state index in [-0.39, 0.29) is 19.1 Å². The molecule has 0 radical (unpaired) electrons. The van der Waals surface area contributed by atoms with E-state index in [9.17, 15) is 19.4 Å². The summed E-state index contributed by atoms with van der Waals surface area (Å²) in [5.41, 5.74) is 0. The van der Waals surface area contributed by atoms with Crippen LogP contribution in [-0.2, 0) is 18.4 Å². The minimum absolute atomic E-state index is 0.0545. The number of hydrogen-bond acceptors (Lipinski definition) is 5. The Bertz CT molecular complexity index is 1290. The van der Waals surface area contributed by atoms with Gasteiger partial charge >= 0.3 is 7.82 Å². The number of nitrogens with one attached hydrogen (secondary N) is 1. The number of rotatable bonds is 48. The second-order valence-electron chi connectivity index (χ2n) is 19.2. The SMILES string of the molecule is CC/C=C\C/C=C\C/C=C\C/C=C\CCCCCCCCCCCCCCCCCCC(=O)NC(COP(=O)(O)OCC[N+](C)(C)C)C(O)/C=C/CC/C=C/CCCCCCCCCC. The van der Waals surface area contributed by atoms with Gasteiger partial charge < -0.3 is 19.8 Å². The van der Waals surface area contributed by atoms with Crippen molar-refractivity contribution in [3.8, 4) is 0 Å². The van der Waals surface area contributed by atoms with Crippen LogP contribution in [0.2, 0.25) is 0 Å². The molecule has 0 aromatic rings. The van der Waals surface area contributed by atoms with Gasteiger partial charge in [0.2, 0.25) is 5.91 Å². The molecule has 3 unspecified atom stereocenters. The van der Waals surface area contributed by atoms with Crippen molar-refractivity contribution in [3.63, 3.8) is 0 Å². The molecule has 0 aliphatic heterocycles. The molecule has 65 heavy (non-hydrogen) atoms. The fourth-order valence-electron chi connectivity index (χ4n) is 7.46. The van der Waals surface area contributed by atoms with Gasteiger partial charge in [-0.25, -0.2) is 4.57 Å². The van der Waals surface area contributed by atoms with Crippen molar-refractivity contribution in [1.29, 1.82) is 0 Å². The fraction of sp³-hybridized carbons (Fsp3) is 0.768. The van der Waals surface area contributed by atoms with Crippen LogP contribution < -0.4 is 5.32 Å². The lowest BCUT2D eigenvalue weighted by Gasteiger charge is -2.25. The highest BCUT2D eigenvalue weighted by molar-refractivity contribution is 7.47. The van der Waals surface area contributed by atoms with Crippen molar-refractivity contribution in [2.75, 3.05) is 40.9 Å². The number of likely N-dealkylation sites (N-methyl/N-ethyl adjacent to an activating group) is 1. The third-order valence-electron chi connectivity index (χ3n) is 11.7. The van der Waals surface area contributed by atoms with Crippen LogP contribution in [0, 0.1) is 0 Å². The van der Waals surface area contributed by atoms with Crippen molar-refractivity contribution in [3.05, 3.63) is 72.9 Å². The van der Waals surface area contributed by atoms with Crippen LogP contribution in [0.1, 0.15) is 226 Å². The van der Waals surface area contributed by atoms with Crippen molar-refractivity contribution in [2.45, 2.75) is 238 Å². The lowest BCUT2D eigenvalue weighted by molar-refractivity contribution is -0.870. The molecule has 8 nitrogen and oxygen atoms in total. The molecule has 0 aliphatic rings. The average molecular weight is 932 g/mol. The smallest absolute Gasteiger partial charge is 0.387 e. The van der Waals surface area contributed by atoms with Crippen molar-refractivity contribution in [1.82, 2.24) is 5.32 Å². The van der Waals surface area contributed by atoms with Gasteiger partial charge in [0.25, 0.3) is 0 Å². The van der Waals surface area contributed by atoms with Crippen LogP contribution in [0.25, 0.3) is 0 Å². The molecule has 0 bridgehead atoms. The molecule has 0 saturated heterocycles. The number of aliphatic hydroxyl groups excluding tert-OH is 1. The lowest BCUT2D eigenvalue weighted by atomic mass is 10.0. The number of carbonyl (C=O) groups excluding carboxylic acids is 1. The van der Waals surface area contributed by atoms with Gasteiger partial charge in [0.1, 0.15) is 13.2 Å². The highest BCUT2D eigenvalue weighted by atomic mass is 31.2. The number of hydrogen-bond donors (Lipinski definition) is 3. The van der Waals surface area contributed by atoms with Crippen LogP contribution in [0.4, 0.5) is 0 Å². The third kappa shape index (κ3) is 49.7. The number of nitrogens with zero attached hydrogens (tertiary/aromatic N) is 1. The maximum Gasteiger partial charge on any atom is 0.472 e. The Morgan fingerprint density at radius 2 is 0.938 bits per heavy atom. The van der Waals surface area contributed by atoms with E-state index in [0.29, 0.717) is 17.4 Å². The molecule has 0 saturated carbocycles. The molecule has 0 heterocycles. The molecule has 3 atom stereocenters. The van der Waals surface area contributed by atoms with E-state index in [1.807, 2.05) is 27.2 Å². The monoisotopic (exact) mass is 932 g/mol. The summed E-state index contributed by atoms with van der Waals surface area (Å²) >= 11 is 0. The van der Waals surface area contributed by atoms with Gasteiger partial charge in [0, 0.05) is 6.42 Å².